The Labute approximate surface area is 171 Å². The first-order chi connectivity index (χ1) is 13.8. The molecule has 0 amide bonds. The number of benzene rings is 1. The van der Waals surface area contributed by atoms with Crippen molar-refractivity contribution in [2.24, 2.45) is 5.92 Å². The van der Waals surface area contributed by atoms with Crippen LogP contribution in [0, 0.1) is 16.0 Å². The van der Waals surface area contributed by atoms with Crippen molar-refractivity contribution in [3.63, 3.8) is 0 Å². The van der Waals surface area contributed by atoms with Crippen LogP contribution in [0.15, 0.2) is 47.5 Å². The third-order valence-corrected chi connectivity index (χ3v) is 6.84. The lowest BCUT2D eigenvalue weighted by atomic mass is 9.88. The highest BCUT2D eigenvalue weighted by molar-refractivity contribution is 7.89. The zero-order chi connectivity index (χ0) is 21.0. The first kappa shape index (κ1) is 21.2. The molecule has 0 aliphatic heterocycles. The van der Waals surface area contributed by atoms with Crippen molar-refractivity contribution in [1.82, 2.24) is 9.71 Å². The molecule has 1 heterocycles. The van der Waals surface area contributed by atoms with Gasteiger partial charge in [-0.2, -0.15) is 0 Å². The standard InChI is InChI=1S/C20H26N4O4S/c1-14-6-8-16(9-7-14)23-29(27,28)17-10-11-19(20(13-17)24(25)26)22-15(2)18-5-3-4-12-21-18/h3-5,10-16,22-23H,6-9H2,1-2H3/t14?,15-,16?/m1/s1. The van der Waals surface area contributed by atoms with E-state index in [1.165, 1.54) is 12.1 Å². The maximum absolute atomic E-state index is 12.7. The van der Waals surface area contributed by atoms with Crippen LogP contribution in [0.3, 0.4) is 0 Å². The van der Waals surface area contributed by atoms with Gasteiger partial charge in [-0.1, -0.05) is 13.0 Å². The number of nitrogens with zero attached hydrogens (tertiary/aromatic N) is 2. The van der Waals surface area contributed by atoms with E-state index in [1.807, 2.05) is 19.1 Å². The van der Waals surface area contributed by atoms with Crippen LogP contribution >= 0.6 is 0 Å². The normalized spacial score (nSPS) is 20.8. The van der Waals surface area contributed by atoms with E-state index in [2.05, 4.69) is 21.9 Å². The summed E-state index contributed by atoms with van der Waals surface area (Å²) in [5.41, 5.74) is 0.693. The van der Waals surface area contributed by atoms with Crippen LogP contribution in [-0.4, -0.2) is 24.4 Å². The largest absolute Gasteiger partial charge is 0.371 e. The second kappa shape index (κ2) is 8.87. The van der Waals surface area contributed by atoms with E-state index >= 15 is 0 Å². The number of rotatable bonds is 7. The molecular formula is C20H26N4O4S. The van der Waals surface area contributed by atoms with Gasteiger partial charge in [-0.3, -0.25) is 15.1 Å². The van der Waals surface area contributed by atoms with Gasteiger partial charge in [-0.25, -0.2) is 13.1 Å². The molecule has 1 atom stereocenters. The van der Waals surface area contributed by atoms with Crippen molar-refractivity contribution in [3.8, 4) is 0 Å². The summed E-state index contributed by atoms with van der Waals surface area (Å²) < 4.78 is 28.2. The molecular weight excluding hydrogens is 392 g/mol. The Morgan fingerprint density at radius 2 is 1.90 bits per heavy atom. The molecule has 1 aromatic carbocycles. The Morgan fingerprint density at radius 3 is 2.52 bits per heavy atom. The Morgan fingerprint density at radius 1 is 1.17 bits per heavy atom. The molecule has 1 aromatic heterocycles. The summed E-state index contributed by atoms with van der Waals surface area (Å²) in [6.07, 6.45) is 5.16. The third-order valence-electron chi connectivity index (χ3n) is 5.32. The molecule has 0 spiro atoms. The van der Waals surface area contributed by atoms with Crippen LogP contribution in [0.25, 0.3) is 0 Å². The lowest BCUT2D eigenvalue weighted by Crippen LogP contribution is -2.37. The summed E-state index contributed by atoms with van der Waals surface area (Å²) in [5, 5.41) is 14.6. The van der Waals surface area contributed by atoms with E-state index in [4.69, 9.17) is 0 Å². The molecule has 1 saturated carbocycles. The van der Waals surface area contributed by atoms with Gasteiger partial charge in [0.2, 0.25) is 10.0 Å². The minimum atomic E-state index is -3.83. The lowest BCUT2D eigenvalue weighted by molar-refractivity contribution is -0.384. The molecule has 0 unspecified atom stereocenters. The van der Waals surface area contributed by atoms with Gasteiger partial charge in [0.25, 0.3) is 5.69 Å². The summed E-state index contributed by atoms with van der Waals surface area (Å²) in [4.78, 5) is 15.1. The molecule has 29 heavy (non-hydrogen) atoms. The van der Waals surface area contributed by atoms with E-state index in [-0.39, 0.29) is 28.4 Å². The third kappa shape index (κ3) is 5.30. The fourth-order valence-electron chi connectivity index (χ4n) is 3.56. The van der Waals surface area contributed by atoms with Gasteiger partial charge in [-0.15, -0.1) is 0 Å². The van der Waals surface area contributed by atoms with E-state index < -0.39 is 14.9 Å². The SMILES string of the molecule is CC1CCC(NS(=O)(=O)c2ccc(N[C@H](C)c3ccccn3)c([N+](=O)[O-])c2)CC1. The molecule has 1 fully saturated rings. The average molecular weight is 419 g/mol. The van der Waals surface area contributed by atoms with Crippen molar-refractivity contribution in [2.75, 3.05) is 5.32 Å². The Hall–Kier alpha value is -2.52. The highest BCUT2D eigenvalue weighted by Gasteiger charge is 2.27. The minimum Gasteiger partial charge on any atom is -0.371 e. The smallest absolute Gasteiger partial charge is 0.293 e. The number of hydrogen-bond donors (Lipinski definition) is 2. The van der Waals surface area contributed by atoms with Gasteiger partial charge in [0.15, 0.2) is 0 Å². The number of nitro groups is 1. The molecule has 1 aliphatic rings. The molecule has 8 nitrogen and oxygen atoms in total. The van der Waals surface area contributed by atoms with E-state index in [1.54, 1.807) is 12.3 Å². The molecule has 2 N–H and O–H groups in total. The molecule has 3 rings (SSSR count). The second-order valence-electron chi connectivity index (χ2n) is 7.63. The van der Waals surface area contributed by atoms with E-state index in [0.29, 0.717) is 5.92 Å². The highest BCUT2D eigenvalue weighted by atomic mass is 32.2. The topological polar surface area (TPSA) is 114 Å². The zero-order valence-electron chi connectivity index (χ0n) is 16.5. The van der Waals surface area contributed by atoms with Crippen LogP contribution in [0.2, 0.25) is 0 Å². The summed E-state index contributed by atoms with van der Waals surface area (Å²) in [6, 6.07) is 8.99. The van der Waals surface area contributed by atoms with Gasteiger partial charge in [0.1, 0.15) is 5.69 Å². The van der Waals surface area contributed by atoms with Crippen molar-refractivity contribution in [1.29, 1.82) is 0 Å². The van der Waals surface area contributed by atoms with Crippen molar-refractivity contribution >= 4 is 21.4 Å². The summed E-state index contributed by atoms with van der Waals surface area (Å²) in [7, 11) is -3.83. The van der Waals surface area contributed by atoms with Crippen molar-refractivity contribution in [3.05, 3.63) is 58.4 Å². The summed E-state index contributed by atoms with van der Waals surface area (Å²) in [6.45, 7) is 3.99. The number of anilines is 1. The van der Waals surface area contributed by atoms with Gasteiger partial charge in [0.05, 0.1) is 21.6 Å². The van der Waals surface area contributed by atoms with Crippen LogP contribution in [-0.2, 0) is 10.0 Å². The lowest BCUT2D eigenvalue weighted by Gasteiger charge is -2.26. The zero-order valence-corrected chi connectivity index (χ0v) is 17.4. The van der Waals surface area contributed by atoms with Crippen LogP contribution in [0.1, 0.15) is 51.3 Å². The van der Waals surface area contributed by atoms with Crippen LogP contribution in [0.5, 0.6) is 0 Å². The van der Waals surface area contributed by atoms with Gasteiger partial charge >= 0.3 is 0 Å². The first-order valence-corrected chi connectivity index (χ1v) is 11.2. The van der Waals surface area contributed by atoms with Crippen LogP contribution < -0.4 is 10.0 Å². The second-order valence-corrected chi connectivity index (χ2v) is 9.35. The maximum atomic E-state index is 12.7. The molecule has 0 saturated heterocycles. The van der Waals surface area contributed by atoms with E-state index in [9.17, 15) is 18.5 Å². The number of aromatic nitrogens is 1. The maximum Gasteiger partial charge on any atom is 0.293 e. The fourth-order valence-corrected chi connectivity index (χ4v) is 4.88. The van der Waals surface area contributed by atoms with Crippen LogP contribution in [0.4, 0.5) is 11.4 Å². The monoisotopic (exact) mass is 418 g/mol. The summed E-state index contributed by atoms with van der Waals surface area (Å²) >= 11 is 0. The van der Waals surface area contributed by atoms with Crippen molar-refractivity contribution < 1.29 is 13.3 Å². The summed E-state index contributed by atoms with van der Waals surface area (Å²) in [5.74, 6) is 0.600. The predicted molar refractivity (Wildman–Crippen MR) is 111 cm³/mol. The molecule has 156 valence electrons. The number of hydrogen-bond acceptors (Lipinski definition) is 6. The first-order valence-electron chi connectivity index (χ1n) is 9.74. The fraction of sp³-hybridized carbons (Fsp3) is 0.450. The van der Waals surface area contributed by atoms with Gasteiger partial charge < -0.3 is 5.32 Å². The Balaban J connectivity index is 1.81. The Kier molecular flexibility index (Phi) is 6.49. The number of nitro benzene ring substituents is 1. The van der Waals surface area contributed by atoms with Crippen molar-refractivity contribution in [2.45, 2.75) is 56.5 Å². The number of sulfonamides is 1. The highest BCUT2D eigenvalue weighted by Crippen LogP contribution is 2.31. The molecule has 0 bridgehead atoms. The minimum absolute atomic E-state index is 0.0983. The quantitative estimate of drug-likeness (QED) is 0.518. The number of pyridine rings is 1. The van der Waals surface area contributed by atoms with Gasteiger partial charge in [0, 0.05) is 18.3 Å². The predicted octanol–water partition coefficient (Wildman–Crippen LogP) is 4.02. The Bertz CT molecular complexity index is 958. The number of nitrogens with one attached hydrogen (secondary N) is 2. The molecule has 2 aromatic rings. The van der Waals surface area contributed by atoms with E-state index in [0.717, 1.165) is 37.4 Å². The average Bonchev–Trinajstić information content (AvgIpc) is 2.70. The molecule has 0 radical (unpaired) electrons. The van der Waals surface area contributed by atoms with Gasteiger partial charge in [-0.05, 0) is 62.8 Å². The molecule has 1 aliphatic carbocycles. The molecule has 9 heteroatoms.